The maximum atomic E-state index is 12.1. The Kier molecular flexibility index (Phi) is 4.95. The highest BCUT2D eigenvalue weighted by Crippen LogP contribution is 2.16. The second-order valence-corrected chi connectivity index (χ2v) is 4.17. The number of carbonyl (C=O) groups is 2. The first-order valence-electron chi connectivity index (χ1n) is 5.57. The van der Waals surface area contributed by atoms with E-state index in [4.69, 9.17) is 5.11 Å². The van der Waals surface area contributed by atoms with E-state index in [0.29, 0.717) is 10.5 Å². The van der Waals surface area contributed by atoms with Crippen LogP contribution in [0.25, 0.3) is 0 Å². The molecule has 0 fully saturated rings. The molecule has 20 heavy (non-hydrogen) atoms. The van der Waals surface area contributed by atoms with Crippen LogP contribution in [0.15, 0.2) is 24.3 Å². The average Bonchev–Trinajstić information content (AvgIpc) is 2.28. The lowest BCUT2D eigenvalue weighted by molar-refractivity contribution is -0.137. The Hall–Kier alpha value is -2.25. The summed E-state index contributed by atoms with van der Waals surface area (Å²) in [5, 5.41) is 10.9. The Bertz CT molecular complexity index is 486. The molecule has 1 aromatic carbocycles. The molecule has 0 unspecified atom stereocenters. The summed E-state index contributed by atoms with van der Waals surface area (Å²) >= 11 is 0. The number of nitrogens with zero attached hydrogens (tertiary/aromatic N) is 1. The minimum absolute atomic E-state index is 0.164. The van der Waals surface area contributed by atoms with Crippen LogP contribution in [0.5, 0.6) is 0 Å². The van der Waals surface area contributed by atoms with Gasteiger partial charge < -0.3 is 15.3 Å². The van der Waals surface area contributed by atoms with Crippen molar-refractivity contribution >= 4 is 17.7 Å². The summed E-state index contributed by atoms with van der Waals surface area (Å²) in [6, 6.07) is 4.92. The number of urea groups is 1. The van der Waals surface area contributed by atoms with E-state index in [9.17, 15) is 22.8 Å². The van der Waals surface area contributed by atoms with Gasteiger partial charge in [-0.1, -0.05) is 12.1 Å². The minimum Gasteiger partial charge on any atom is -0.481 e. The third-order valence-electron chi connectivity index (χ3n) is 2.32. The van der Waals surface area contributed by atoms with Gasteiger partial charge in [-0.2, -0.15) is 13.2 Å². The van der Waals surface area contributed by atoms with Crippen LogP contribution in [0.3, 0.4) is 0 Å². The van der Waals surface area contributed by atoms with Crippen molar-refractivity contribution in [2.45, 2.75) is 12.6 Å². The number of amides is 2. The number of carboxylic acid groups (broad SMARTS) is 1. The van der Waals surface area contributed by atoms with Crippen molar-refractivity contribution in [3.63, 3.8) is 0 Å². The fourth-order valence-electron chi connectivity index (χ4n) is 1.44. The van der Waals surface area contributed by atoms with E-state index in [2.05, 4.69) is 5.32 Å². The molecule has 0 heterocycles. The summed E-state index contributed by atoms with van der Waals surface area (Å²) in [6.07, 6.45) is -4.63. The van der Waals surface area contributed by atoms with Gasteiger partial charge in [0.2, 0.25) is 0 Å². The van der Waals surface area contributed by atoms with E-state index >= 15 is 0 Å². The summed E-state index contributed by atoms with van der Waals surface area (Å²) < 4.78 is 36.3. The number of halogens is 3. The number of nitrogens with one attached hydrogen (secondary N) is 1. The molecule has 0 radical (unpaired) electrons. The highest BCUT2D eigenvalue weighted by molar-refractivity contribution is 5.89. The molecule has 0 bridgehead atoms. The van der Waals surface area contributed by atoms with E-state index in [0.717, 1.165) is 7.05 Å². The van der Waals surface area contributed by atoms with Crippen LogP contribution in [0.2, 0.25) is 0 Å². The highest BCUT2D eigenvalue weighted by atomic mass is 19.4. The largest absolute Gasteiger partial charge is 0.481 e. The molecule has 5 nitrogen and oxygen atoms in total. The number of anilines is 1. The summed E-state index contributed by atoms with van der Waals surface area (Å²) in [7, 11) is 1.03. The molecule has 2 amide bonds. The topological polar surface area (TPSA) is 69.6 Å². The zero-order chi connectivity index (χ0) is 15.3. The Morgan fingerprint density at radius 2 is 1.80 bits per heavy atom. The molecule has 0 aromatic heterocycles. The SMILES string of the molecule is CN(CC(F)(F)F)C(=O)Nc1ccc(CC(=O)O)cc1. The second-order valence-electron chi connectivity index (χ2n) is 4.17. The molecular weight excluding hydrogens is 277 g/mol. The third kappa shape index (κ3) is 5.59. The van der Waals surface area contributed by atoms with Gasteiger partial charge in [0, 0.05) is 12.7 Å². The number of carbonyl (C=O) groups excluding carboxylic acids is 1. The molecule has 1 aromatic rings. The van der Waals surface area contributed by atoms with Gasteiger partial charge in [0.1, 0.15) is 6.54 Å². The lowest BCUT2D eigenvalue weighted by atomic mass is 10.1. The van der Waals surface area contributed by atoms with Gasteiger partial charge in [-0.3, -0.25) is 4.79 Å². The van der Waals surface area contributed by atoms with Crippen molar-refractivity contribution in [2.24, 2.45) is 0 Å². The van der Waals surface area contributed by atoms with Gasteiger partial charge >= 0.3 is 18.2 Å². The molecular formula is C12H13F3N2O3. The van der Waals surface area contributed by atoms with Gasteiger partial charge in [0.05, 0.1) is 6.42 Å². The monoisotopic (exact) mass is 290 g/mol. The highest BCUT2D eigenvalue weighted by Gasteiger charge is 2.31. The van der Waals surface area contributed by atoms with E-state index in [1.165, 1.54) is 24.3 Å². The Morgan fingerprint density at radius 1 is 1.25 bits per heavy atom. The van der Waals surface area contributed by atoms with E-state index < -0.39 is 24.7 Å². The maximum absolute atomic E-state index is 12.1. The average molecular weight is 290 g/mol. The fraction of sp³-hybridized carbons (Fsp3) is 0.333. The zero-order valence-electron chi connectivity index (χ0n) is 10.6. The molecule has 8 heteroatoms. The van der Waals surface area contributed by atoms with E-state index in [1.54, 1.807) is 0 Å². The molecule has 110 valence electrons. The molecule has 1 rings (SSSR count). The number of aliphatic carboxylic acids is 1. The summed E-state index contributed by atoms with van der Waals surface area (Å²) in [6.45, 7) is -1.35. The maximum Gasteiger partial charge on any atom is 0.406 e. The smallest absolute Gasteiger partial charge is 0.406 e. The third-order valence-corrected chi connectivity index (χ3v) is 2.32. The van der Waals surface area contributed by atoms with Gasteiger partial charge in [0.25, 0.3) is 0 Å². The Morgan fingerprint density at radius 3 is 2.25 bits per heavy atom. The normalized spacial score (nSPS) is 11.0. The molecule has 0 saturated carbocycles. The van der Waals surface area contributed by atoms with Crippen LogP contribution in [0.1, 0.15) is 5.56 Å². The number of hydrogen-bond donors (Lipinski definition) is 2. The standard InChI is InChI=1S/C12H13F3N2O3/c1-17(7-12(13,14)15)11(20)16-9-4-2-8(3-5-9)6-10(18)19/h2-5H,6-7H2,1H3,(H,16,20)(H,18,19). The lowest BCUT2D eigenvalue weighted by Crippen LogP contribution is -2.38. The summed E-state index contributed by atoms with van der Waals surface area (Å²) in [5.74, 6) is -0.994. The van der Waals surface area contributed by atoms with Gasteiger partial charge in [-0.05, 0) is 17.7 Å². The number of carboxylic acids is 1. The second kappa shape index (κ2) is 6.27. The van der Waals surface area contributed by atoms with Gasteiger partial charge in [-0.15, -0.1) is 0 Å². The first-order valence-corrected chi connectivity index (χ1v) is 5.57. The predicted octanol–water partition coefficient (Wildman–Crippen LogP) is 2.34. The van der Waals surface area contributed by atoms with Crippen LogP contribution in [-0.2, 0) is 11.2 Å². The van der Waals surface area contributed by atoms with E-state index in [-0.39, 0.29) is 12.1 Å². The van der Waals surface area contributed by atoms with Crippen LogP contribution in [0.4, 0.5) is 23.7 Å². The minimum atomic E-state index is -4.46. The Labute approximate surface area is 113 Å². The van der Waals surface area contributed by atoms with Crippen molar-refractivity contribution in [2.75, 3.05) is 18.9 Å². The molecule has 0 aliphatic rings. The molecule has 2 N–H and O–H groups in total. The summed E-state index contributed by atoms with van der Waals surface area (Å²) in [5.41, 5.74) is 0.817. The molecule has 0 spiro atoms. The molecule has 0 aliphatic carbocycles. The van der Waals surface area contributed by atoms with Crippen LogP contribution < -0.4 is 5.32 Å². The Balaban J connectivity index is 2.60. The fourth-order valence-corrected chi connectivity index (χ4v) is 1.44. The molecule has 0 saturated heterocycles. The molecule has 0 aliphatic heterocycles. The van der Waals surface area contributed by atoms with Crippen molar-refractivity contribution in [3.05, 3.63) is 29.8 Å². The first-order chi connectivity index (χ1) is 9.17. The van der Waals surface area contributed by atoms with Crippen molar-refractivity contribution in [1.82, 2.24) is 4.90 Å². The molecule has 0 atom stereocenters. The lowest BCUT2D eigenvalue weighted by Gasteiger charge is -2.19. The van der Waals surface area contributed by atoms with Crippen molar-refractivity contribution in [3.8, 4) is 0 Å². The van der Waals surface area contributed by atoms with Crippen molar-refractivity contribution < 1.29 is 27.9 Å². The zero-order valence-corrected chi connectivity index (χ0v) is 10.6. The van der Waals surface area contributed by atoms with Gasteiger partial charge in [0.15, 0.2) is 0 Å². The van der Waals surface area contributed by atoms with E-state index in [1.807, 2.05) is 0 Å². The number of rotatable bonds is 4. The number of hydrogen-bond acceptors (Lipinski definition) is 2. The number of benzene rings is 1. The predicted molar refractivity (Wildman–Crippen MR) is 65.5 cm³/mol. The van der Waals surface area contributed by atoms with Crippen LogP contribution in [0, 0.1) is 0 Å². The van der Waals surface area contributed by atoms with Crippen LogP contribution >= 0.6 is 0 Å². The van der Waals surface area contributed by atoms with Crippen molar-refractivity contribution in [1.29, 1.82) is 0 Å². The quantitative estimate of drug-likeness (QED) is 0.894. The van der Waals surface area contributed by atoms with Gasteiger partial charge in [-0.25, -0.2) is 4.79 Å². The summed E-state index contributed by atoms with van der Waals surface area (Å²) in [4.78, 5) is 22.4. The number of alkyl halides is 3. The first kappa shape index (κ1) is 15.8. The van der Waals surface area contributed by atoms with Crippen LogP contribution in [-0.4, -0.2) is 41.8 Å².